The van der Waals surface area contributed by atoms with E-state index in [2.05, 4.69) is 10.6 Å². The Morgan fingerprint density at radius 1 is 1.00 bits per heavy atom. The lowest BCUT2D eigenvalue weighted by molar-refractivity contribution is -0.116. The first kappa shape index (κ1) is 17.5. The van der Waals surface area contributed by atoms with Crippen molar-refractivity contribution in [2.45, 2.75) is 27.2 Å². The molecule has 0 unspecified atom stereocenters. The second-order valence-corrected chi connectivity index (χ2v) is 5.74. The van der Waals surface area contributed by atoms with Gasteiger partial charge in [-0.3, -0.25) is 9.59 Å². The number of aryl methyl sites for hydroxylation is 2. The molecule has 126 valence electrons. The highest BCUT2D eigenvalue weighted by Gasteiger charge is 2.10. The van der Waals surface area contributed by atoms with Gasteiger partial charge < -0.3 is 15.4 Å². The summed E-state index contributed by atoms with van der Waals surface area (Å²) < 4.78 is 5.29. The third-order valence-electron chi connectivity index (χ3n) is 3.67. The summed E-state index contributed by atoms with van der Waals surface area (Å²) in [6, 6.07) is 11.0. The Hall–Kier alpha value is -2.82. The number of ether oxygens (including phenoxy) is 1. The zero-order chi connectivity index (χ0) is 17.7. The van der Waals surface area contributed by atoms with Crippen LogP contribution in [-0.4, -0.2) is 18.9 Å². The molecule has 0 heterocycles. The Morgan fingerprint density at radius 3 is 2.29 bits per heavy atom. The van der Waals surface area contributed by atoms with E-state index in [1.807, 2.05) is 26.0 Å². The van der Waals surface area contributed by atoms with E-state index in [1.54, 1.807) is 31.4 Å². The van der Waals surface area contributed by atoms with E-state index in [4.69, 9.17) is 4.74 Å². The van der Waals surface area contributed by atoms with E-state index in [1.165, 1.54) is 6.92 Å². The first-order valence-corrected chi connectivity index (χ1v) is 7.70. The number of hydrogen-bond donors (Lipinski definition) is 2. The summed E-state index contributed by atoms with van der Waals surface area (Å²) >= 11 is 0. The Morgan fingerprint density at radius 2 is 1.67 bits per heavy atom. The van der Waals surface area contributed by atoms with Crippen LogP contribution in [0.15, 0.2) is 36.4 Å². The molecule has 2 aromatic carbocycles. The molecule has 0 saturated carbocycles. The van der Waals surface area contributed by atoms with Crippen molar-refractivity contribution in [3.05, 3.63) is 53.1 Å². The van der Waals surface area contributed by atoms with Gasteiger partial charge in [-0.2, -0.15) is 0 Å². The summed E-state index contributed by atoms with van der Waals surface area (Å²) in [6.45, 7) is 5.36. The molecule has 2 amide bonds. The molecule has 0 saturated heterocycles. The highest BCUT2D eigenvalue weighted by Crippen LogP contribution is 2.23. The van der Waals surface area contributed by atoms with E-state index in [-0.39, 0.29) is 18.2 Å². The molecule has 0 atom stereocenters. The van der Waals surface area contributed by atoms with Gasteiger partial charge in [-0.05, 0) is 54.8 Å². The van der Waals surface area contributed by atoms with Crippen LogP contribution in [0.5, 0.6) is 5.75 Å². The summed E-state index contributed by atoms with van der Waals surface area (Å²) in [5.74, 6) is 0.560. The lowest BCUT2D eigenvalue weighted by Crippen LogP contribution is -2.15. The van der Waals surface area contributed by atoms with Crippen molar-refractivity contribution in [2.75, 3.05) is 17.7 Å². The normalized spacial score (nSPS) is 10.2. The van der Waals surface area contributed by atoms with Crippen molar-refractivity contribution in [3.63, 3.8) is 0 Å². The fraction of sp³-hybridized carbons (Fsp3) is 0.263. The number of carbonyl (C=O) groups is 2. The largest absolute Gasteiger partial charge is 0.496 e. The topological polar surface area (TPSA) is 67.4 Å². The molecule has 2 rings (SSSR count). The van der Waals surface area contributed by atoms with Gasteiger partial charge in [0.05, 0.1) is 13.5 Å². The Bertz CT molecular complexity index is 769. The standard InChI is InChI=1S/C19H22N2O3/c1-12-9-18(24-4)13(2)8-15(12)10-19(23)21-17-7-5-6-16(11-17)20-14(3)22/h5-9,11H,10H2,1-4H3,(H,20,22)(H,21,23). The molecule has 5 heteroatoms. The van der Waals surface area contributed by atoms with Gasteiger partial charge in [-0.25, -0.2) is 0 Å². The highest BCUT2D eigenvalue weighted by molar-refractivity contribution is 5.94. The molecule has 0 radical (unpaired) electrons. The van der Waals surface area contributed by atoms with E-state index in [0.29, 0.717) is 11.4 Å². The number of anilines is 2. The maximum atomic E-state index is 12.3. The second-order valence-electron chi connectivity index (χ2n) is 5.74. The third-order valence-corrected chi connectivity index (χ3v) is 3.67. The van der Waals surface area contributed by atoms with Crippen molar-refractivity contribution >= 4 is 23.2 Å². The molecule has 0 aromatic heterocycles. The van der Waals surface area contributed by atoms with Crippen molar-refractivity contribution in [1.82, 2.24) is 0 Å². The zero-order valence-electron chi connectivity index (χ0n) is 14.4. The number of rotatable bonds is 5. The smallest absolute Gasteiger partial charge is 0.228 e. The van der Waals surface area contributed by atoms with Crippen LogP contribution in [0.25, 0.3) is 0 Å². The van der Waals surface area contributed by atoms with Crippen LogP contribution in [0.2, 0.25) is 0 Å². The Kier molecular flexibility index (Phi) is 5.58. The predicted molar refractivity (Wildman–Crippen MR) is 95.5 cm³/mol. The van der Waals surface area contributed by atoms with Gasteiger partial charge in [0.1, 0.15) is 5.75 Å². The van der Waals surface area contributed by atoms with Crippen molar-refractivity contribution < 1.29 is 14.3 Å². The fourth-order valence-electron chi connectivity index (χ4n) is 2.52. The van der Waals surface area contributed by atoms with Crippen molar-refractivity contribution in [2.24, 2.45) is 0 Å². The third kappa shape index (κ3) is 4.59. The molecule has 24 heavy (non-hydrogen) atoms. The number of amides is 2. The van der Waals surface area contributed by atoms with Crippen LogP contribution >= 0.6 is 0 Å². The number of benzene rings is 2. The van der Waals surface area contributed by atoms with Crippen LogP contribution in [0, 0.1) is 13.8 Å². The molecule has 0 spiro atoms. The molecule has 5 nitrogen and oxygen atoms in total. The Labute approximate surface area is 142 Å². The van der Waals surface area contributed by atoms with Gasteiger partial charge in [0.25, 0.3) is 0 Å². The minimum Gasteiger partial charge on any atom is -0.496 e. The highest BCUT2D eigenvalue weighted by atomic mass is 16.5. The zero-order valence-corrected chi connectivity index (χ0v) is 14.4. The second kappa shape index (κ2) is 7.64. The maximum absolute atomic E-state index is 12.3. The van der Waals surface area contributed by atoms with E-state index in [0.717, 1.165) is 22.4 Å². The van der Waals surface area contributed by atoms with Crippen LogP contribution in [0.3, 0.4) is 0 Å². The van der Waals surface area contributed by atoms with Gasteiger partial charge in [-0.1, -0.05) is 12.1 Å². The minimum atomic E-state index is -0.150. The molecule has 0 aliphatic heterocycles. The average Bonchev–Trinajstić information content (AvgIpc) is 2.50. The summed E-state index contributed by atoms with van der Waals surface area (Å²) in [4.78, 5) is 23.4. The Balaban J connectivity index is 2.08. The summed E-state index contributed by atoms with van der Waals surface area (Å²) in [5.41, 5.74) is 4.27. The van der Waals surface area contributed by atoms with Crippen molar-refractivity contribution in [1.29, 1.82) is 0 Å². The van der Waals surface area contributed by atoms with E-state index < -0.39 is 0 Å². The number of methoxy groups -OCH3 is 1. The van der Waals surface area contributed by atoms with E-state index in [9.17, 15) is 9.59 Å². The fourth-order valence-corrected chi connectivity index (χ4v) is 2.52. The van der Waals surface area contributed by atoms with Gasteiger partial charge >= 0.3 is 0 Å². The van der Waals surface area contributed by atoms with Crippen molar-refractivity contribution in [3.8, 4) is 5.75 Å². The molecular weight excluding hydrogens is 304 g/mol. The quantitative estimate of drug-likeness (QED) is 0.884. The van der Waals surface area contributed by atoms with Crippen LogP contribution in [-0.2, 0) is 16.0 Å². The van der Waals surface area contributed by atoms with E-state index >= 15 is 0 Å². The molecule has 0 aliphatic carbocycles. The monoisotopic (exact) mass is 326 g/mol. The number of carbonyl (C=O) groups excluding carboxylic acids is 2. The average molecular weight is 326 g/mol. The summed E-state index contributed by atoms with van der Waals surface area (Å²) in [5, 5.41) is 5.55. The molecule has 0 bridgehead atoms. The molecular formula is C19H22N2O3. The molecule has 2 N–H and O–H groups in total. The molecule has 0 fully saturated rings. The molecule has 2 aromatic rings. The van der Waals surface area contributed by atoms with Gasteiger partial charge in [0.2, 0.25) is 11.8 Å². The SMILES string of the molecule is COc1cc(C)c(CC(=O)Nc2cccc(NC(C)=O)c2)cc1C. The lowest BCUT2D eigenvalue weighted by Gasteiger charge is -2.12. The van der Waals surface area contributed by atoms with Gasteiger partial charge in [-0.15, -0.1) is 0 Å². The number of hydrogen-bond acceptors (Lipinski definition) is 3. The van der Waals surface area contributed by atoms with Crippen LogP contribution in [0.1, 0.15) is 23.6 Å². The maximum Gasteiger partial charge on any atom is 0.228 e. The lowest BCUT2D eigenvalue weighted by atomic mass is 10.0. The summed E-state index contributed by atoms with van der Waals surface area (Å²) in [7, 11) is 1.64. The molecule has 0 aliphatic rings. The minimum absolute atomic E-state index is 0.109. The predicted octanol–water partition coefficient (Wildman–Crippen LogP) is 3.45. The van der Waals surface area contributed by atoms with Gasteiger partial charge in [0.15, 0.2) is 0 Å². The first-order valence-electron chi connectivity index (χ1n) is 7.70. The van der Waals surface area contributed by atoms with Crippen LogP contribution < -0.4 is 15.4 Å². The van der Waals surface area contributed by atoms with Gasteiger partial charge in [0, 0.05) is 18.3 Å². The summed E-state index contributed by atoms with van der Waals surface area (Å²) in [6.07, 6.45) is 0.279. The first-order chi connectivity index (χ1) is 11.4. The number of nitrogens with one attached hydrogen (secondary N) is 2. The van der Waals surface area contributed by atoms with Crippen LogP contribution in [0.4, 0.5) is 11.4 Å².